The molecule has 2 amide bonds. The minimum Gasteiger partial charge on any atom is -0.350 e. The molecule has 1 N–H and O–H groups in total. The molecule has 2 aromatic rings. The van der Waals surface area contributed by atoms with Crippen LogP contribution in [0.2, 0.25) is 0 Å². The van der Waals surface area contributed by atoms with Crippen molar-refractivity contribution >= 4 is 11.8 Å². The lowest BCUT2D eigenvalue weighted by atomic mass is 9.87. The molecule has 0 atom stereocenters. The van der Waals surface area contributed by atoms with Crippen LogP contribution in [-0.2, 0) is 12.0 Å². The van der Waals surface area contributed by atoms with Crippen LogP contribution in [-0.4, -0.2) is 76.4 Å². The van der Waals surface area contributed by atoms with Crippen LogP contribution >= 0.6 is 0 Å². The molecule has 0 saturated carbocycles. The minimum atomic E-state index is -0.126. The first-order valence-electron chi connectivity index (χ1n) is 10.0. The maximum Gasteiger partial charge on any atom is 0.276 e. The third kappa shape index (κ3) is 5.41. The Labute approximate surface area is 171 Å². The van der Waals surface area contributed by atoms with Crippen molar-refractivity contribution in [3.05, 3.63) is 47.3 Å². The minimum absolute atomic E-state index is 0.0569. The van der Waals surface area contributed by atoms with E-state index in [1.54, 1.807) is 15.8 Å². The predicted molar refractivity (Wildman–Crippen MR) is 111 cm³/mol. The zero-order chi connectivity index (χ0) is 21.0. The van der Waals surface area contributed by atoms with E-state index in [1.165, 1.54) is 5.56 Å². The molecule has 2 heterocycles. The van der Waals surface area contributed by atoms with Gasteiger partial charge in [-0.1, -0.05) is 38.1 Å². The predicted octanol–water partition coefficient (Wildman–Crippen LogP) is 1.39. The van der Waals surface area contributed by atoms with Crippen LogP contribution in [0.15, 0.2) is 30.5 Å². The van der Waals surface area contributed by atoms with E-state index in [0.29, 0.717) is 37.4 Å². The first kappa shape index (κ1) is 21.0. The number of hydrogen-bond acceptors (Lipinski definition) is 5. The van der Waals surface area contributed by atoms with Crippen molar-refractivity contribution < 1.29 is 9.59 Å². The molecular formula is C21H30N6O2. The molecule has 1 aromatic carbocycles. The number of nitrogens with zero attached hydrogens (tertiary/aromatic N) is 5. The number of amides is 2. The summed E-state index contributed by atoms with van der Waals surface area (Å²) in [5.74, 6) is -0.216. The van der Waals surface area contributed by atoms with Crippen LogP contribution in [0.5, 0.6) is 0 Å². The van der Waals surface area contributed by atoms with Gasteiger partial charge in [-0.2, -0.15) is 0 Å². The number of hydrogen-bond donors (Lipinski definition) is 1. The number of carbonyl (C=O) groups is 2. The fourth-order valence-electron chi connectivity index (χ4n) is 3.18. The molecule has 0 spiro atoms. The van der Waals surface area contributed by atoms with Gasteiger partial charge in [-0.15, -0.1) is 5.10 Å². The number of likely N-dealkylation sites (N-methyl/N-ethyl adjacent to an activating group) is 1. The van der Waals surface area contributed by atoms with E-state index >= 15 is 0 Å². The van der Waals surface area contributed by atoms with Gasteiger partial charge >= 0.3 is 0 Å². The smallest absolute Gasteiger partial charge is 0.276 e. The van der Waals surface area contributed by atoms with Crippen molar-refractivity contribution in [1.29, 1.82) is 0 Å². The average molecular weight is 399 g/mol. The first-order chi connectivity index (χ1) is 13.7. The van der Waals surface area contributed by atoms with Crippen molar-refractivity contribution in [3.8, 4) is 0 Å². The highest BCUT2D eigenvalue weighted by Crippen LogP contribution is 2.22. The van der Waals surface area contributed by atoms with Crippen LogP contribution in [0.25, 0.3) is 0 Å². The van der Waals surface area contributed by atoms with Gasteiger partial charge < -0.3 is 15.1 Å². The van der Waals surface area contributed by atoms with Crippen LogP contribution in [0.4, 0.5) is 0 Å². The Morgan fingerprint density at radius 2 is 1.72 bits per heavy atom. The molecule has 8 heteroatoms. The van der Waals surface area contributed by atoms with Crippen molar-refractivity contribution in [2.24, 2.45) is 0 Å². The van der Waals surface area contributed by atoms with Gasteiger partial charge in [0.25, 0.3) is 11.8 Å². The molecular weight excluding hydrogens is 368 g/mol. The highest BCUT2D eigenvalue weighted by atomic mass is 16.2. The number of piperazine rings is 1. The zero-order valence-electron chi connectivity index (χ0n) is 17.7. The lowest BCUT2D eigenvalue weighted by Gasteiger charge is -2.31. The number of aromatic nitrogens is 3. The summed E-state index contributed by atoms with van der Waals surface area (Å²) in [6.07, 6.45) is 1.64. The Balaban J connectivity index is 1.48. The third-order valence-corrected chi connectivity index (χ3v) is 5.19. The Kier molecular flexibility index (Phi) is 6.32. The SMILES string of the molecule is CN1CCN(C(=O)c2cn(CCNC(=O)c3ccc(C(C)(C)C)cc3)nn2)CC1. The summed E-state index contributed by atoms with van der Waals surface area (Å²) >= 11 is 0. The molecule has 0 bridgehead atoms. The van der Waals surface area contributed by atoms with Gasteiger partial charge in [0.2, 0.25) is 0 Å². The average Bonchev–Trinajstić information content (AvgIpc) is 3.16. The lowest BCUT2D eigenvalue weighted by Crippen LogP contribution is -2.47. The molecule has 1 aromatic heterocycles. The van der Waals surface area contributed by atoms with Gasteiger partial charge in [-0.25, -0.2) is 4.68 Å². The Bertz CT molecular complexity index is 845. The van der Waals surface area contributed by atoms with Gasteiger partial charge in [0.1, 0.15) is 0 Å². The molecule has 1 fully saturated rings. The molecule has 0 unspecified atom stereocenters. The zero-order valence-corrected chi connectivity index (χ0v) is 17.7. The van der Waals surface area contributed by atoms with Crippen molar-refractivity contribution in [1.82, 2.24) is 30.1 Å². The van der Waals surface area contributed by atoms with Crippen LogP contribution in [0, 0.1) is 0 Å². The third-order valence-electron chi connectivity index (χ3n) is 5.19. The summed E-state index contributed by atoms with van der Waals surface area (Å²) in [7, 11) is 2.05. The molecule has 29 heavy (non-hydrogen) atoms. The van der Waals surface area contributed by atoms with Crippen molar-refractivity contribution in [2.45, 2.75) is 32.7 Å². The molecule has 1 aliphatic heterocycles. The first-order valence-corrected chi connectivity index (χ1v) is 10.0. The second-order valence-corrected chi connectivity index (χ2v) is 8.55. The lowest BCUT2D eigenvalue weighted by molar-refractivity contribution is 0.0658. The largest absolute Gasteiger partial charge is 0.350 e. The molecule has 1 aliphatic rings. The number of carbonyl (C=O) groups excluding carboxylic acids is 2. The summed E-state index contributed by atoms with van der Waals surface area (Å²) in [5.41, 5.74) is 2.22. The van der Waals surface area contributed by atoms with Gasteiger partial charge in [-0.05, 0) is 30.2 Å². The second kappa shape index (κ2) is 8.73. The molecule has 0 aliphatic carbocycles. The van der Waals surface area contributed by atoms with E-state index in [2.05, 4.69) is 41.3 Å². The molecule has 0 radical (unpaired) electrons. The number of nitrogens with one attached hydrogen (secondary N) is 1. The highest BCUT2D eigenvalue weighted by molar-refractivity contribution is 5.94. The fraction of sp³-hybridized carbons (Fsp3) is 0.524. The molecule has 3 rings (SSSR count). The number of rotatable bonds is 5. The van der Waals surface area contributed by atoms with Crippen LogP contribution in [0.1, 0.15) is 47.2 Å². The summed E-state index contributed by atoms with van der Waals surface area (Å²) < 4.78 is 1.59. The van der Waals surface area contributed by atoms with Crippen LogP contribution in [0.3, 0.4) is 0 Å². The van der Waals surface area contributed by atoms with Gasteiger partial charge in [0.15, 0.2) is 5.69 Å². The quantitative estimate of drug-likeness (QED) is 0.823. The summed E-state index contributed by atoms with van der Waals surface area (Å²) in [4.78, 5) is 28.8. The molecule has 8 nitrogen and oxygen atoms in total. The summed E-state index contributed by atoms with van der Waals surface area (Å²) in [5, 5.41) is 10.9. The molecule has 156 valence electrons. The summed E-state index contributed by atoms with van der Waals surface area (Å²) in [6, 6.07) is 7.67. The van der Waals surface area contributed by atoms with E-state index in [9.17, 15) is 9.59 Å². The van der Waals surface area contributed by atoms with Gasteiger partial charge in [-0.3, -0.25) is 9.59 Å². The highest BCUT2D eigenvalue weighted by Gasteiger charge is 2.22. The Morgan fingerprint density at radius 1 is 1.07 bits per heavy atom. The second-order valence-electron chi connectivity index (χ2n) is 8.55. The van der Waals surface area contributed by atoms with E-state index in [1.807, 2.05) is 31.3 Å². The standard InChI is InChI=1S/C21H30N6O2/c1-21(2,3)17-7-5-16(6-8-17)19(28)22-9-10-27-15-18(23-24-27)20(29)26-13-11-25(4)12-14-26/h5-8,15H,9-14H2,1-4H3,(H,22,28). The normalized spacial score (nSPS) is 15.4. The van der Waals surface area contributed by atoms with E-state index in [-0.39, 0.29) is 17.2 Å². The monoisotopic (exact) mass is 398 g/mol. The topological polar surface area (TPSA) is 83.4 Å². The molecule has 1 saturated heterocycles. The van der Waals surface area contributed by atoms with E-state index in [4.69, 9.17) is 0 Å². The van der Waals surface area contributed by atoms with E-state index in [0.717, 1.165) is 13.1 Å². The van der Waals surface area contributed by atoms with Gasteiger partial charge in [0.05, 0.1) is 12.7 Å². The van der Waals surface area contributed by atoms with Crippen molar-refractivity contribution in [2.75, 3.05) is 39.8 Å². The van der Waals surface area contributed by atoms with Crippen molar-refractivity contribution in [3.63, 3.8) is 0 Å². The fourth-order valence-corrected chi connectivity index (χ4v) is 3.18. The maximum atomic E-state index is 12.5. The van der Waals surface area contributed by atoms with E-state index < -0.39 is 0 Å². The number of benzene rings is 1. The Hall–Kier alpha value is -2.74. The Morgan fingerprint density at radius 3 is 2.34 bits per heavy atom. The van der Waals surface area contributed by atoms with Crippen LogP contribution < -0.4 is 5.32 Å². The van der Waals surface area contributed by atoms with Gasteiger partial charge in [0, 0.05) is 38.3 Å². The maximum absolute atomic E-state index is 12.5. The summed E-state index contributed by atoms with van der Waals surface area (Å²) in [6.45, 7) is 10.4.